The van der Waals surface area contributed by atoms with E-state index in [9.17, 15) is 14.4 Å². The molecule has 0 aliphatic carbocycles. The third kappa shape index (κ3) is 5.02. The molecule has 6 heteroatoms. The Bertz CT molecular complexity index is 895. The van der Waals surface area contributed by atoms with Crippen LogP contribution in [0.25, 0.3) is 0 Å². The second-order valence-electron chi connectivity index (χ2n) is 7.32. The molecular weight excluding hydrogens is 366 g/mol. The molecule has 152 valence electrons. The number of benzene rings is 2. The topological polar surface area (TPSA) is 78.5 Å². The predicted octanol–water partition coefficient (Wildman–Crippen LogP) is 3.83. The van der Waals surface area contributed by atoms with Crippen molar-refractivity contribution in [3.8, 4) is 0 Å². The first kappa shape index (κ1) is 20.6. The Morgan fingerprint density at radius 2 is 1.79 bits per heavy atom. The number of anilines is 2. The third-order valence-corrected chi connectivity index (χ3v) is 5.32. The van der Waals surface area contributed by atoms with Gasteiger partial charge < -0.3 is 15.5 Å². The Balaban J connectivity index is 1.70. The Morgan fingerprint density at radius 1 is 1.03 bits per heavy atom. The van der Waals surface area contributed by atoms with E-state index in [0.29, 0.717) is 42.0 Å². The minimum absolute atomic E-state index is 0.0817. The maximum Gasteiger partial charge on any atom is 0.256 e. The molecule has 2 aromatic rings. The van der Waals surface area contributed by atoms with Crippen molar-refractivity contribution in [1.82, 2.24) is 4.90 Å². The summed E-state index contributed by atoms with van der Waals surface area (Å²) in [5.41, 5.74) is 2.56. The summed E-state index contributed by atoms with van der Waals surface area (Å²) in [6.07, 6.45) is 2.03. The quantitative estimate of drug-likeness (QED) is 0.810. The fourth-order valence-corrected chi connectivity index (χ4v) is 3.61. The second kappa shape index (κ2) is 9.37. The summed E-state index contributed by atoms with van der Waals surface area (Å²) in [7, 11) is 0. The predicted molar refractivity (Wildman–Crippen MR) is 114 cm³/mol. The molecule has 2 aromatic carbocycles. The van der Waals surface area contributed by atoms with Crippen molar-refractivity contribution in [2.45, 2.75) is 33.1 Å². The summed E-state index contributed by atoms with van der Waals surface area (Å²) in [6, 6.07) is 14.5. The smallest absolute Gasteiger partial charge is 0.256 e. The van der Waals surface area contributed by atoms with Crippen LogP contribution in [0.4, 0.5) is 11.4 Å². The summed E-state index contributed by atoms with van der Waals surface area (Å²) in [4.78, 5) is 39.2. The van der Waals surface area contributed by atoms with Crippen LogP contribution in [0.2, 0.25) is 0 Å². The number of para-hydroxylation sites is 1. The van der Waals surface area contributed by atoms with Gasteiger partial charge in [0.15, 0.2) is 0 Å². The lowest BCUT2D eigenvalue weighted by Crippen LogP contribution is -2.43. The van der Waals surface area contributed by atoms with E-state index in [4.69, 9.17) is 0 Å². The van der Waals surface area contributed by atoms with Gasteiger partial charge in [0.05, 0.1) is 5.92 Å². The van der Waals surface area contributed by atoms with Crippen LogP contribution in [0, 0.1) is 12.8 Å². The number of piperidine rings is 1. The van der Waals surface area contributed by atoms with E-state index in [1.165, 1.54) is 0 Å². The molecule has 1 heterocycles. The van der Waals surface area contributed by atoms with Crippen molar-refractivity contribution in [2.24, 2.45) is 5.92 Å². The van der Waals surface area contributed by atoms with E-state index >= 15 is 0 Å². The van der Waals surface area contributed by atoms with Gasteiger partial charge in [0, 0.05) is 36.4 Å². The SMILES string of the molecule is CCC(=O)N1CCCC(C(=O)Nc2cccc(C(=O)Nc3ccccc3)c2C)C1. The molecule has 0 spiro atoms. The standard InChI is InChI=1S/C23H27N3O3/c1-3-21(27)26-14-8-9-17(15-26)22(28)25-20-13-7-12-19(16(20)2)23(29)24-18-10-5-4-6-11-18/h4-7,10-13,17H,3,8-9,14-15H2,1-2H3,(H,24,29)(H,25,28). The van der Waals surface area contributed by atoms with E-state index in [1.54, 1.807) is 23.1 Å². The number of likely N-dealkylation sites (tertiary alicyclic amines) is 1. The van der Waals surface area contributed by atoms with Crippen LogP contribution in [0.3, 0.4) is 0 Å². The highest BCUT2D eigenvalue weighted by Crippen LogP contribution is 2.23. The lowest BCUT2D eigenvalue weighted by molar-refractivity contribution is -0.134. The third-order valence-electron chi connectivity index (χ3n) is 5.32. The highest BCUT2D eigenvalue weighted by atomic mass is 16.2. The van der Waals surface area contributed by atoms with Gasteiger partial charge in [0.1, 0.15) is 0 Å². The zero-order valence-corrected chi connectivity index (χ0v) is 16.9. The van der Waals surface area contributed by atoms with Gasteiger partial charge in [-0.05, 0) is 49.6 Å². The molecule has 1 atom stereocenters. The highest BCUT2D eigenvalue weighted by molar-refractivity contribution is 6.07. The van der Waals surface area contributed by atoms with Crippen LogP contribution in [0.5, 0.6) is 0 Å². The molecule has 1 saturated heterocycles. The minimum atomic E-state index is -0.236. The first-order valence-corrected chi connectivity index (χ1v) is 10.0. The minimum Gasteiger partial charge on any atom is -0.342 e. The van der Waals surface area contributed by atoms with Crippen LogP contribution >= 0.6 is 0 Å². The molecule has 0 radical (unpaired) electrons. The Hall–Kier alpha value is -3.15. The van der Waals surface area contributed by atoms with Crippen LogP contribution < -0.4 is 10.6 Å². The van der Waals surface area contributed by atoms with Crippen molar-refractivity contribution >= 4 is 29.1 Å². The van der Waals surface area contributed by atoms with Crippen LogP contribution in [0.15, 0.2) is 48.5 Å². The molecule has 3 rings (SSSR count). The zero-order valence-electron chi connectivity index (χ0n) is 16.9. The summed E-state index contributed by atoms with van der Waals surface area (Å²) in [5.74, 6) is -0.483. The van der Waals surface area contributed by atoms with E-state index < -0.39 is 0 Å². The lowest BCUT2D eigenvalue weighted by Gasteiger charge is -2.32. The van der Waals surface area contributed by atoms with Crippen molar-refractivity contribution in [1.29, 1.82) is 0 Å². The molecule has 0 bridgehead atoms. The van der Waals surface area contributed by atoms with Crippen LogP contribution in [-0.4, -0.2) is 35.7 Å². The highest BCUT2D eigenvalue weighted by Gasteiger charge is 2.28. The number of amides is 3. The molecule has 1 fully saturated rings. The normalized spacial score (nSPS) is 16.2. The number of carbonyl (C=O) groups excluding carboxylic acids is 3. The number of nitrogens with one attached hydrogen (secondary N) is 2. The van der Waals surface area contributed by atoms with Gasteiger partial charge in [-0.3, -0.25) is 14.4 Å². The van der Waals surface area contributed by atoms with Gasteiger partial charge in [-0.25, -0.2) is 0 Å². The summed E-state index contributed by atoms with van der Waals surface area (Å²) < 4.78 is 0. The molecule has 29 heavy (non-hydrogen) atoms. The molecule has 1 aliphatic heterocycles. The largest absolute Gasteiger partial charge is 0.342 e. The molecule has 2 N–H and O–H groups in total. The molecular formula is C23H27N3O3. The first-order valence-electron chi connectivity index (χ1n) is 10.0. The van der Waals surface area contributed by atoms with Crippen LogP contribution in [0.1, 0.15) is 42.1 Å². The molecule has 1 unspecified atom stereocenters. The van der Waals surface area contributed by atoms with Gasteiger partial charge in [0.25, 0.3) is 5.91 Å². The van der Waals surface area contributed by atoms with Gasteiger partial charge in [-0.15, -0.1) is 0 Å². The zero-order chi connectivity index (χ0) is 20.8. The maximum atomic E-state index is 12.8. The number of hydrogen-bond donors (Lipinski definition) is 2. The second-order valence-corrected chi connectivity index (χ2v) is 7.32. The van der Waals surface area contributed by atoms with Gasteiger partial charge in [0.2, 0.25) is 11.8 Å². The maximum absolute atomic E-state index is 12.8. The van der Waals surface area contributed by atoms with Crippen molar-refractivity contribution in [2.75, 3.05) is 23.7 Å². The molecule has 0 saturated carbocycles. The summed E-state index contributed by atoms with van der Waals surface area (Å²) >= 11 is 0. The van der Waals surface area contributed by atoms with Crippen molar-refractivity contribution in [3.05, 3.63) is 59.7 Å². The first-order chi connectivity index (χ1) is 14.0. The molecule has 6 nitrogen and oxygen atoms in total. The Labute approximate surface area is 171 Å². The number of nitrogens with zero attached hydrogens (tertiary/aromatic N) is 1. The molecule has 0 aromatic heterocycles. The average molecular weight is 393 g/mol. The molecule has 1 aliphatic rings. The fourth-order valence-electron chi connectivity index (χ4n) is 3.61. The Kier molecular flexibility index (Phi) is 6.65. The van der Waals surface area contributed by atoms with Crippen molar-refractivity contribution in [3.63, 3.8) is 0 Å². The lowest BCUT2D eigenvalue weighted by atomic mass is 9.96. The molecule has 3 amide bonds. The average Bonchev–Trinajstić information content (AvgIpc) is 2.75. The summed E-state index contributed by atoms with van der Waals surface area (Å²) in [6.45, 7) is 4.82. The number of rotatable bonds is 5. The van der Waals surface area contributed by atoms with Gasteiger partial charge in [-0.2, -0.15) is 0 Å². The van der Waals surface area contributed by atoms with E-state index in [2.05, 4.69) is 10.6 Å². The Morgan fingerprint density at radius 3 is 2.52 bits per heavy atom. The fraction of sp³-hybridized carbons (Fsp3) is 0.348. The van der Waals surface area contributed by atoms with Crippen LogP contribution in [-0.2, 0) is 9.59 Å². The van der Waals surface area contributed by atoms with E-state index in [-0.39, 0.29) is 23.6 Å². The van der Waals surface area contributed by atoms with Gasteiger partial charge in [-0.1, -0.05) is 31.2 Å². The summed E-state index contributed by atoms with van der Waals surface area (Å²) in [5, 5.41) is 5.83. The number of carbonyl (C=O) groups is 3. The van der Waals surface area contributed by atoms with E-state index in [1.807, 2.05) is 44.2 Å². The van der Waals surface area contributed by atoms with Gasteiger partial charge >= 0.3 is 0 Å². The number of hydrogen-bond acceptors (Lipinski definition) is 3. The van der Waals surface area contributed by atoms with E-state index in [0.717, 1.165) is 12.8 Å². The monoisotopic (exact) mass is 393 g/mol. The van der Waals surface area contributed by atoms with Crippen molar-refractivity contribution < 1.29 is 14.4 Å².